The van der Waals surface area contributed by atoms with E-state index in [1.807, 2.05) is 40.9 Å². The van der Waals surface area contributed by atoms with Crippen molar-refractivity contribution >= 4 is 50.4 Å². The lowest BCUT2D eigenvalue weighted by Crippen LogP contribution is -2.76. The minimum atomic E-state index is -5.28. The number of fused-ring (bicyclic) bond motifs is 1. The van der Waals surface area contributed by atoms with Crippen LogP contribution in [0.1, 0.15) is 38.4 Å². The number of aliphatic hydroxyl groups is 1. The van der Waals surface area contributed by atoms with Gasteiger partial charge in [0.15, 0.2) is 24.0 Å². The molecule has 1 saturated heterocycles. The molecule has 4 heterocycles. The summed E-state index contributed by atoms with van der Waals surface area (Å²) in [5.41, 5.74) is 9.64. The quantitative estimate of drug-likeness (QED) is 0.0344. The molecule has 21 heteroatoms. The number of carboxylic acid groups (broad SMARTS) is 1. The molecule has 50 heavy (non-hydrogen) atoms. The first-order chi connectivity index (χ1) is 23.3. The lowest BCUT2D eigenvalue weighted by atomic mass is 9.84. The Balaban J connectivity index is 1.36. The molecule has 7 N–H and O–H groups in total. The molecular weight excluding hydrogens is 700 g/mol. The molecule has 2 aliphatic heterocycles. The summed E-state index contributed by atoms with van der Waals surface area (Å²) in [5.74, 6) is -3.10. The maximum Gasteiger partial charge on any atom is 0.354 e. The molecule has 0 spiro atoms. The fourth-order valence-corrected chi connectivity index (χ4v) is 6.53. The number of nitrogens with two attached hydrogens (primary N) is 2. The Morgan fingerprint density at radius 1 is 1.36 bits per heavy atom. The fraction of sp³-hybridized carbons (Fsp3) is 0.448. The smallest absolute Gasteiger partial charge is 0.354 e. The number of ether oxygens (including phenoxy) is 1. The van der Waals surface area contributed by atoms with E-state index in [4.69, 9.17) is 21.0 Å². The van der Waals surface area contributed by atoms with E-state index in [2.05, 4.69) is 19.7 Å². The number of aliphatic hydroxyl groups excluding tert-OH is 1. The number of aromatic nitrogens is 3. The van der Waals surface area contributed by atoms with Crippen molar-refractivity contribution in [2.24, 2.45) is 17.9 Å². The standard InChI is InChI=1S/C29H36N8O11S2/c1-28(2)23(25(40)37(28)48-50(43,44)45)33-24(39)22(19-14-49-27(31)32-19)34-47-29(3,26(41)42)21-8-6-16-9-15(5-7-20(16)46-21)17-11-35(4)36(12-17)13-18(38)10-30/h5,7,9,11-12,14,18,21,23,38H,6,8,10,13,30H2,1-4H3,(H4-,31,32,33,39,41,42,43,44,45)/b34-22-/t18-,21?,23?,29?/m0/s1. The summed E-state index contributed by atoms with van der Waals surface area (Å²) < 4.78 is 47.2. The van der Waals surface area contributed by atoms with Crippen LogP contribution in [0.4, 0.5) is 5.13 Å². The number of amides is 2. The number of hydroxylamine groups is 2. The van der Waals surface area contributed by atoms with Gasteiger partial charge in [-0.2, -0.15) is 14.0 Å². The summed E-state index contributed by atoms with van der Waals surface area (Å²) in [5, 5.41) is 28.3. The van der Waals surface area contributed by atoms with Crippen LogP contribution in [0, 0.1) is 0 Å². The molecule has 3 aromatic rings. The van der Waals surface area contributed by atoms with Gasteiger partial charge in [0.25, 0.3) is 17.4 Å². The SMILES string of the molecule is C[n+]1cc(-c2ccc3c(c2)CCC(C(C)(O/N=C(\C(=O)NC2C(=O)N(OS(=O)(=O)[O-])C2(C)C)c2csc(N)n2)C(=O)O)O3)cn1C[C@@H](O)CN. The Morgan fingerprint density at radius 2 is 2.08 bits per heavy atom. The Kier molecular flexibility index (Phi) is 9.93. The van der Waals surface area contributed by atoms with Gasteiger partial charge in [-0.15, -0.1) is 16.0 Å². The first-order valence-corrected chi connectivity index (χ1v) is 17.3. The molecule has 3 unspecified atom stereocenters. The van der Waals surface area contributed by atoms with Crippen LogP contribution in [-0.4, -0.2) is 97.3 Å². The van der Waals surface area contributed by atoms with Gasteiger partial charge < -0.3 is 41.1 Å². The number of thiazole rings is 1. The second-order valence-electron chi connectivity index (χ2n) is 12.5. The maximum absolute atomic E-state index is 13.5. The van der Waals surface area contributed by atoms with Gasteiger partial charge in [0.1, 0.15) is 24.0 Å². The molecule has 270 valence electrons. The maximum atomic E-state index is 13.5. The molecule has 0 bridgehead atoms. The van der Waals surface area contributed by atoms with Crippen LogP contribution in [0.2, 0.25) is 0 Å². The van der Waals surface area contributed by atoms with Crippen LogP contribution in [0.15, 0.2) is 41.1 Å². The average Bonchev–Trinajstić information content (AvgIpc) is 3.65. The van der Waals surface area contributed by atoms with Crippen molar-refractivity contribution in [2.45, 2.75) is 69.5 Å². The summed E-state index contributed by atoms with van der Waals surface area (Å²) in [7, 11) is -3.44. The van der Waals surface area contributed by atoms with E-state index in [0.29, 0.717) is 23.8 Å². The molecule has 0 aliphatic carbocycles. The molecule has 19 nitrogen and oxygen atoms in total. The number of aliphatic carboxylic acids is 1. The second kappa shape index (κ2) is 13.6. The van der Waals surface area contributed by atoms with Gasteiger partial charge in [-0.1, -0.05) is 11.2 Å². The van der Waals surface area contributed by atoms with Gasteiger partial charge in [0, 0.05) is 11.9 Å². The number of benzene rings is 1. The summed E-state index contributed by atoms with van der Waals surface area (Å²) >= 11 is 0.955. The first kappa shape index (κ1) is 36.6. The summed E-state index contributed by atoms with van der Waals surface area (Å²) in [6.45, 7) is 4.36. The van der Waals surface area contributed by atoms with Crippen LogP contribution in [0.3, 0.4) is 0 Å². The van der Waals surface area contributed by atoms with E-state index in [9.17, 15) is 37.6 Å². The third-order valence-corrected chi connectivity index (χ3v) is 9.50. The Bertz CT molecular complexity index is 1960. The average molecular weight is 737 g/mol. The number of carbonyl (C=O) groups is 3. The highest BCUT2D eigenvalue weighted by Crippen LogP contribution is 2.37. The van der Waals surface area contributed by atoms with E-state index in [1.165, 1.54) is 26.2 Å². The Labute approximate surface area is 289 Å². The monoisotopic (exact) mass is 736 g/mol. The van der Waals surface area contributed by atoms with Crippen molar-refractivity contribution in [3.63, 3.8) is 0 Å². The molecule has 2 aliphatic rings. The van der Waals surface area contributed by atoms with Crippen LogP contribution in [-0.2, 0) is 53.9 Å². The van der Waals surface area contributed by atoms with Gasteiger partial charge in [0.2, 0.25) is 16.6 Å². The number of hydrogen-bond acceptors (Lipinski definition) is 15. The molecular formula is C29H36N8O11S2. The summed E-state index contributed by atoms with van der Waals surface area (Å²) in [4.78, 5) is 48.3. The minimum Gasteiger partial charge on any atom is -0.724 e. The predicted molar refractivity (Wildman–Crippen MR) is 173 cm³/mol. The van der Waals surface area contributed by atoms with Crippen LogP contribution >= 0.6 is 11.3 Å². The number of nitrogen functional groups attached to an aromatic ring is 1. The van der Waals surface area contributed by atoms with Crippen molar-refractivity contribution in [1.82, 2.24) is 20.0 Å². The molecule has 0 radical (unpaired) electrons. The van der Waals surface area contributed by atoms with E-state index >= 15 is 0 Å². The highest BCUT2D eigenvalue weighted by molar-refractivity contribution is 7.80. The van der Waals surface area contributed by atoms with Gasteiger partial charge in [-0.3, -0.25) is 9.59 Å². The van der Waals surface area contributed by atoms with Crippen molar-refractivity contribution in [3.8, 4) is 16.9 Å². The summed E-state index contributed by atoms with van der Waals surface area (Å²) in [6.07, 6.45) is 2.61. The molecule has 1 aromatic carbocycles. The number of β-lactam (4-membered cyclic amide) rings is 1. The number of carboxylic acids is 1. The lowest BCUT2D eigenvalue weighted by Gasteiger charge is -2.51. The second-order valence-corrected chi connectivity index (χ2v) is 14.3. The number of nitrogens with zero attached hydrogens (tertiary/aromatic N) is 5. The van der Waals surface area contributed by atoms with Crippen molar-refractivity contribution in [2.75, 3.05) is 12.3 Å². The molecule has 5 rings (SSSR count). The third-order valence-electron chi connectivity index (χ3n) is 8.49. The summed E-state index contributed by atoms with van der Waals surface area (Å²) in [6, 6.07) is 4.09. The molecule has 2 amide bonds. The van der Waals surface area contributed by atoms with Gasteiger partial charge in [0.05, 0.1) is 23.4 Å². The number of rotatable bonds is 13. The van der Waals surface area contributed by atoms with E-state index in [-0.39, 0.29) is 23.8 Å². The number of anilines is 1. The molecule has 0 saturated carbocycles. The highest BCUT2D eigenvalue weighted by atomic mass is 32.3. The molecule has 4 atom stereocenters. The van der Waals surface area contributed by atoms with E-state index < -0.39 is 63.3 Å². The van der Waals surface area contributed by atoms with Crippen LogP contribution < -0.4 is 26.2 Å². The van der Waals surface area contributed by atoms with E-state index in [1.54, 1.807) is 6.07 Å². The number of nitrogens with one attached hydrogen (secondary N) is 1. The normalized spacial score (nSPS) is 20.6. The Hall–Kier alpha value is -4.67. The first-order valence-electron chi connectivity index (χ1n) is 15.1. The zero-order chi connectivity index (χ0) is 36.8. The van der Waals surface area contributed by atoms with Crippen LogP contribution in [0.5, 0.6) is 5.75 Å². The van der Waals surface area contributed by atoms with E-state index in [0.717, 1.165) is 28.0 Å². The Morgan fingerprint density at radius 3 is 2.68 bits per heavy atom. The van der Waals surface area contributed by atoms with Crippen molar-refractivity contribution in [1.29, 1.82) is 0 Å². The number of oxime groups is 1. The number of aryl methyl sites for hydroxylation is 2. The lowest BCUT2D eigenvalue weighted by molar-refractivity contribution is -0.754. The van der Waals surface area contributed by atoms with Crippen molar-refractivity contribution in [3.05, 3.63) is 47.2 Å². The number of carbonyl (C=O) groups excluding carboxylic acids is 2. The molecule has 1 fully saturated rings. The van der Waals surface area contributed by atoms with Gasteiger partial charge in [-0.25, -0.2) is 18.2 Å². The predicted octanol–water partition coefficient (Wildman–Crippen LogP) is -1.21. The van der Waals surface area contributed by atoms with Crippen molar-refractivity contribution < 1.29 is 56.1 Å². The van der Waals surface area contributed by atoms with Crippen LogP contribution in [0.25, 0.3) is 11.1 Å². The zero-order valence-electron chi connectivity index (χ0n) is 27.3. The highest BCUT2D eigenvalue weighted by Gasteiger charge is 2.57. The topological polar surface area (TPSA) is 278 Å². The number of hydrogen-bond donors (Lipinski definition) is 5. The zero-order valence-corrected chi connectivity index (χ0v) is 28.9. The molecule has 2 aromatic heterocycles. The van der Waals surface area contributed by atoms with Gasteiger partial charge in [-0.05, 0) is 56.9 Å². The minimum absolute atomic E-state index is 0.0480. The van der Waals surface area contributed by atoms with Gasteiger partial charge >= 0.3 is 5.97 Å². The fourth-order valence-electron chi connectivity index (χ4n) is 5.53. The largest absolute Gasteiger partial charge is 0.724 e. The third kappa shape index (κ3) is 7.27.